The van der Waals surface area contributed by atoms with Crippen molar-refractivity contribution >= 4 is 0 Å². The largest absolute Gasteiger partial charge is 0.481 e. The van der Waals surface area contributed by atoms with Crippen LogP contribution in [-0.4, -0.2) is 12.1 Å². The molecule has 0 aromatic carbocycles. The molecule has 2 rings (SSSR count). The highest BCUT2D eigenvalue weighted by molar-refractivity contribution is 5.33. The Morgan fingerprint density at radius 3 is 2.81 bits per heavy atom. The number of hydrogen-bond acceptors (Lipinski definition) is 4. The number of rotatable bonds is 3. The van der Waals surface area contributed by atoms with Gasteiger partial charge >= 0.3 is 0 Å². The number of aromatic nitrogens is 1. The van der Waals surface area contributed by atoms with Crippen LogP contribution >= 0.6 is 0 Å². The maximum absolute atomic E-state index is 6.09. The van der Waals surface area contributed by atoms with E-state index in [0.717, 1.165) is 11.3 Å². The van der Waals surface area contributed by atoms with Crippen molar-refractivity contribution in [1.82, 2.24) is 4.98 Å². The monoisotopic (exact) mass is 218 g/mol. The number of pyridine rings is 1. The zero-order valence-corrected chi connectivity index (χ0v) is 9.31. The second-order valence-corrected chi connectivity index (χ2v) is 3.53. The molecule has 16 heavy (non-hydrogen) atoms. The summed E-state index contributed by atoms with van der Waals surface area (Å²) in [5.41, 5.74) is 6.91. The fraction of sp³-hybridized carbons (Fsp3) is 0.250. The van der Waals surface area contributed by atoms with Gasteiger partial charge < -0.3 is 14.9 Å². The van der Waals surface area contributed by atoms with Gasteiger partial charge in [-0.15, -0.1) is 0 Å². The van der Waals surface area contributed by atoms with Crippen LogP contribution in [0.5, 0.6) is 5.88 Å². The van der Waals surface area contributed by atoms with Crippen molar-refractivity contribution in [1.29, 1.82) is 0 Å². The molecule has 0 bridgehead atoms. The summed E-state index contributed by atoms with van der Waals surface area (Å²) in [6.45, 7) is 1.89. The average Bonchev–Trinajstić information content (AvgIpc) is 2.75. The number of aryl methyl sites for hydroxylation is 1. The molecule has 1 unspecified atom stereocenters. The van der Waals surface area contributed by atoms with Crippen molar-refractivity contribution in [2.75, 3.05) is 7.11 Å². The van der Waals surface area contributed by atoms with Gasteiger partial charge in [-0.1, -0.05) is 6.07 Å². The molecule has 0 aliphatic rings. The van der Waals surface area contributed by atoms with Crippen molar-refractivity contribution in [2.24, 2.45) is 5.73 Å². The van der Waals surface area contributed by atoms with E-state index < -0.39 is 0 Å². The second kappa shape index (κ2) is 4.37. The van der Waals surface area contributed by atoms with Crippen LogP contribution in [0.15, 0.2) is 34.9 Å². The topological polar surface area (TPSA) is 61.3 Å². The zero-order valence-electron chi connectivity index (χ0n) is 9.31. The van der Waals surface area contributed by atoms with E-state index in [0.29, 0.717) is 11.6 Å². The van der Waals surface area contributed by atoms with E-state index in [4.69, 9.17) is 14.9 Å². The first-order valence-corrected chi connectivity index (χ1v) is 5.03. The van der Waals surface area contributed by atoms with Crippen molar-refractivity contribution in [3.05, 3.63) is 47.5 Å². The van der Waals surface area contributed by atoms with Crippen LogP contribution in [0.4, 0.5) is 0 Å². The minimum Gasteiger partial charge on any atom is -0.481 e. The molecule has 2 heterocycles. The summed E-state index contributed by atoms with van der Waals surface area (Å²) in [6, 6.07) is 7.11. The number of methoxy groups -OCH3 is 1. The third-order valence-corrected chi connectivity index (χ3v) is 2.40. The SMILES string of the molecule is COc1ncccc1C(N)c1ccc(C)o1. The van der Waals surface area contributed by atoms with Crippen LogP contribution in [-0.2, 0) is 0 Å². The summed E-state index contributed by atoms with van der Waals surface area (Å²) in [5, 5.41) is 0. The van der Waals surface area contributed by atoms with Crippen LogP contribution < -0.4 is 10.5 Å². The first-order chi connectivity index (χ1) is 7.72. The Labute approximate surface area is 94.1 Å². The number of hydrogen-bond donors (Lipinski definition) is 1. The lowest BCUT2D eigenvalue weighted by atomic mass is 10.1. The normalized spacial score (nSPS) is 12.4. The highest BCUT2D eigenvalue weighted by atomic mass is 16.5. The number of nitrogens with zero attached hydrogens (tertiary/aromatic N) is 1. The number of ether oxygens (including phenoxy) is 1. The van der Waals surface area contributed by atoms with Gasteiger partial charge in [-0.25, -0.2) is 4.98 Å². The van der Waals surface area contributed by atoms with E-state index in [1.54, 1.807) is 13.3 Å². The predicted octanol–water partition coefficient (Wildman–Crippen LogP) is 2.04. The maximum Gasteiger partial charge on any atom is 0.218 e. The van der Waals surface area contributed by atoms with Gasteiger partial charge in [0.25, 0.3) is 0 Å². The first kappa shape index (κ1) is 10.7. The minimum absolute atomic E-state index is 0.350. The van der Waals surface area contributed by atoms with Gasteiger partial charge in [0.15, 0.2) is 0 Å². The highest BCUT2D eigenvalue weighted by Crippen LogP contribution is 2.26. The lowest BCUT2D eigenvalue weighted by molar-refractivity contribution is 0.385. The molecule has 0 saturated carbocycles. The summed E-state index contributed by atoms with van der Waals surface area (Å²) in [4.78, 5) is 4.11. The van der Waals surface area contributed by atoms with Crippen molar-refractivity contribution in [2.45, 2.75) is 13.0 Å². The van der Waals surface area contributed by atoms with Crippen LogP contribution in [0.1, 0.15) is 23.1 Å². The second-order valence-electron chi connectivity index (χ2n) is 3.53. The van der Waals surface area contributed by atoms with Gasteiger partial charge in [-0.3, -0.25) is 0 Å². The smallest absolute Gasteiger partial charge is 0.218 e. The lowest BCUT2D eigenvalue weighted by Crippen LogP contribution is -2.12. The molecule has 0 amide bonds. The predicted molar refractivity (Wildman–Crippen MR) is 60.3 cm³/mol. The molecule has 0 aliphatic heterocycles. The molecule has 1 atom stereocenters. The van der Waals surface area contributed by atoms with E-state index in [1.165, 1.54) is 0 Å². The molecule has 0 fully saturated rings. The van der Waals surface area contributed by atoms with Gasteiger partial charge in [0.2, 0.25) is 5.88 Å². The van der Waals surface area contributed by atoms with Crippen LogP contribution in [0, 0.1) is 6.92 Å². The van der Waals surface area contributed by atoms with E-state index >= 15 is 0 Å². The Kier molecular flexibility index (Phi) is 2.92. The Balaban J connectivity index is 2.36. The Morgan fingerprint density at radius 2 is 2.19 bits per heavy atom. The Morgan fingerprint density at radius 1 is 1.38 bits per heavy atom. The molecule has 2 aromatic rings. The fourth-order valence-electron chi connectivity index (χ4n) is 1.58. The lowest BCUT2D eigenvalue weighted by Gasteiger charge is -2.12. The van der Waals surface area contributed by atoms with Crippen molar-refractivity contribution < 1.29 is 9.15 Å². The summed E-state index contributed by atoms with van der Waals surface area (Å²) < 4.78 is 10.7. The highest BCUT2D eigenvalue weighted by Gasteiger charge is 2.17. The molecule has 0 saturated heterocycles. The number of nitrogens with two attached hydrogens (primary N) is 1. The molecule has 0 radical (unpaired) electrons. The van der Waals surface area contributed by atoms with Crippen LogP contribution in [0.25, 0.3) is 0 Å². The van der Waals surface area contributed by atoms with E-state index in [9.17, 15) is 0 Å². The molecule has 2 N–H and O–H groups in total. The summed E-state index contributed by atoms with van der Waals surface area (Å²) in [6.07, 6.45) is 1.67. The summed E-state index contributed by atoms with van der Waals surface area (Å²) in [7, 11) is 1.58. The molecule has 4 heteroatoms. The van der Waals surface area contributed by atoms with Crippen molar-refractivity contribution in [3.63, 3.8) is 0 Å². The summed E-state index contributed by atoms with van der Waals surface area (Å²) >= 11 is 0. The third-order valence-electron chi connectivity index (χ3n) is 2.40. The summed E-state index contributed by atoms with van der Waals surface area (Å²) in [5.74, 6) is 2.08. The number of furan rings is 1. The first-order valence-electron chi connectivity index (χ1n) is 5.03. The Hall–Kier alpha value is -1.81. The van der Waals surface area contributed by atoms with Crippen LogP contribution in [0.3, 0.4) is 0 Å². The standard InChI is InChI=1S/C12H14N2O2/c1-8-5-6-10(16-8)11(13)9-4-3-7-14-12(9)15-2/h3-7,11H,13H2,1-2H3. The van der Waals surface area contributed by atoms with Crippen LogP contribution in [0.2, 0.25) is 0 Å². The third kappa shape index (κ3) is 1.92. The molecule has 0 aliphatic carbocycles. The van der Waals surface area contributed by atoms with Gasteiger partial charge in [-0.2, -0.15) is 0 Å². The molecule has 84 valence electrons. The minimum atomic E-state index is -0.350. The van der Waals surface area contributed by atoms with Gasteiger partial charge in [0.1, 0.15) is 11.5 Å². The van der Waals surface area contributed by atoms with Gasteiger partial charge in [0.05, 0.1) is 13.2 Å². The molecule has 2 aromatic heterocycles. The fourth-order valence-corrected chi connectivity index (χ4v) is 1.58. The maximum atomic E-state index is 6.09. The van der Waals surface area contributed by atoms with E-state index in [-0.39, 0.29) is 6.04 Å². The zero-order chi connectivity index (χ0) is 11.5. The van der Waals surface area contributed by atoms with E-state index in [1.807, 2.05) is 31.2 Å². The molecule has 0 spiro atoms. The van der Waals surface area contributed by atoms with Gasteiger partial charge in [0, 0.05) is 11.8 Å². The molecular weight excluding hydrogens is 204 g/mol. The molecule has 4 nitrogen and oxygen atoms in total. The Bertz CT molecular complexity index is 479. The van der Waals surface area contributed by atoms with Crippen molar-refractivity contribution in [3.8, 4) is 5.88 Å². The van der Waals surface area contributed by atoms with E-state index in [2.05, 4.69) is 4.98 Å². The average molecular weight is 218 g/mol. The quantitative estimate of drug-likeness (QED) is 0.856. The van der Waals surface area contributed by atoms with Gasteiger partial charge in [-0.05, 0) is 25.1 Å². The molecular formula is C12H14N2O2.